The van der Waals surface area contributed by atoms with Crippen LogP contribution in [0.2, 0.25) is 0 Å². The number of aliphatic hydroxyl groups is 5. The topological polar surface area (TPSA) is 203 Å². The average molecular weight is 647 g/mol. The SMILES string of the molecule is CC(=O)c1c(C)cc2cc(C(=O)O)cc(OC3OC(CO)C(O)(CCC(C)C4CCOCC45CCC(CO)C5)C(O)C3O)c2c1O. The second-order valence-corrected chi connectivity index (χ2v) is 13.7. The van der Waals surface area contributed by atoms with Crippen LogP contribution >= 0.6 is 0 Å². The maximum Gasteiger partial charge on any atom is 0.335 e. The molecule has 9 unspecified atom stereocenters. The van der Waals surface area contributed by atoms with E-state index in [1.165, 1.54) is 19.1 Å². The number of hydrogen-bond acceptors (Lipinski definition) is 11. The van der Waals surface area contributed by atoms with Gasteiger partial charge < -0.3 is 50.0 Å². The van der Waals surface area contributed by atoms with Crippen molar-refractivity contribution in [3.8, 4) is 11.5 Å². The number of benzene rings is 2. The van der Waals surface area contributed by atoms with Gasteiger partial charge in [-0.3, -0.25) is 4.79 Å². The minimum Gasteiger partial charge on any atom is -0.506 e. The summed E-state index contributed by atoms with van der Waals surface area (Å²) in [7, 11) is 0. The Morgan fingerprint density at radius 2 is 1.87 bits per heavy atom. The molecule has 2 aromatic carbocycles. The van der Waals surface area contributed by atoms with E-state index in [1.54, 1.807) is 6.92 Å². The lowest BCUT2D eigenvalue weighted by molar-refractivity contribution is -0.315. The molecule has 12 heteroatoms. The highest BCUT2D eigenvalue weighted by Crippen LogP contribution is 2.54. The Morgan fingerprint density at radius 1 is 1.13 bits per heavy atom. The third kappa shape index (κ3) is 6.12. The van der Waals surface area contributed by atoms with Crippen molar-refractivity contribution in [2.75, 3.05) is 26.4 Å². The van der Waals surface area contributed by atoms with Crippen LogP contribution < -0.4 is 4.74 Å². The molecule has 0 radical (unpaired) electrons. The molecule has 0 aromatic heterocycles. The lowest BCUT2D eigenvalue weighted by Gasteiger charge is -2.49. The fourth-order valence-electron chi connectivity index (χ4n) is 8.35. The van der Waals surface area contributed by atoms with E-state index in [0.29, 0.717) is 25.2 Å². The quantitative estimate of drug-likeness (QED) is 0.186. The van der Waals surface area contributed by atoms with Crippen molar-refractivity contribution >= 4 is 22.5 Å². The van der Waals surface area contributed by atoms with Gasteiger partial charge in [0.25, 0.3) is 0 Å². The number of carboxylic acids is 1. The smallest absolute Gasteiger partial charge is 0.335 e. The molecule has 12 nitrogen and oxygen atoms in total. The highest BCUT2D eigenvalue weighted by Gasteiger charge is 2.56. The molecule has 2 heterocycles. The summed E-state index contributed by atoms with van der Waals surface area (Å²) in [4.78, 5) is 24.2. The van der Waals surface area contributed by atoms with Crippen molar-refractivity contribution in [1.29, 1.82) is 0 Å². The van der Waals surface area contributed by atoms with E-state index in [0.717, 1.165) is 31.7 Å². The van der Waals surface area contributed by atoms with E-state index < -0.39 is 54.3 Å². The number of aromatic hydroxyl groups is 1. The van der Waals surface area contributed by atoms with Gasteiger partial charge in [0.2, 0.25) is 6.29 Å². The third-order valence-electron chi connectivity index (χ3n) is 10.8. The highest BCUT2D eigenvalue weighted by atomic mass is 16.7. The first-order chi connectivity index (χ1) is 21.8. The van der Waals surface area contributed by atoms with Gasteiger partial charge in [-0.15, -0.1) is 0 Å². The first-order valence-corrected chi connectivity index (χ1v) is 16.0. The molecule has 2 aliphatic heterocycles. The molecular formula is C34H46O12. The van der Waals surface area contributed by atoms with Gasteiger partial charge in [-0.2, -0.15) is 0 Å². The van der Waals surface area contributed by atoms with Crippen LogP contribution in [0.5, 0.6) is 11.5 Å². The molecule has 0 bridgehead atoms. The number of fused-ring (bicyclic) bond motifs is 1. The number of phenols is 1. The van der Waals surface area contributed by atoms with Crippen LogP contribution in [0.4, 0.5) is 0 Å². The van der Waals surface area contributed by atoms with Crippen LogP contribution in [-0.4, -0.2) is 104 Å². The summed E-state index contributed by atoms with van der Waals surface area (Å²) in [6, 6.07) is 3.95. The zero-order chi connectivity index (χ0) is 33.6. The molecule has 3 aliphatic rings. The predicted octanol–water partition coefficient (Wildman–Crippen LogP) is 2.54. The number of carbonyl (C=O) groups is 2. The minimum absolute atomic E-state index is 0.000667. The Labute approximate surface area is 267 Å². The van der Waals surface area contributed by atoms with E-state index in [1.807, 2.05) is 0 Å². The number of aryl methyl sites for hydroxylation is 1. The number of aliphatic hydroxyl groups excluding tert-OH is 4. The molecule has 1 spiro atoms. The summed E-state index contributed by atoms with van der Waals surface area (Å²) < 4.78 is 17.6. The normalized spacial score (nSPS) is 33.7. The Bertz CT molecular complexity index is 1460. The van der Waals surface area contributed by atoms with Gasteiger partial charge in [0.05, 0.1) is 29.7 Å². The molecule has 7 N–H and O–H groups in total. The molecule has 2 aromatic rings. The van der Waals surface area contributed by atoms with Crippen molar-refractivity contribution in [3.05, 3.63) is 34.9 Å². The highest BCUT2D eigenvalue weighted by molar-refractivity contribution is 6.08. The monoisotopic (exact) mass is 646 g/mol. The number of Topliss-reactive ketones (excluding diaryl/α,β-unsaturated/α-hetero) is 1. The van der Waals surface area contributed by atoms with Crippen LogP contribution in [0.15, 0.2) is 18.2 Å². The predicted molar refractivity (Wildman–Crippen MR) is 165 cm³/mol. The zero-order valence-electron chi connectivity index (χ0n) is 26.5. The molecule has 0 amide bonds. The molecule has 5 rings (SSSR count). The van der Waals surface area contributed by atoms with Crippen LogP contribution in [0.1, 0.15) is 78.7 Å². The molecule has 46 heavy (non-hydrogen) atoms. The average Bonchev–Trinajstić information content (AvgIpc) is 3.42. The van der Waals surface area contributed by atoms with E-state index in [4.69, 9.17) is 14.2 Å². The maximum atomic E-state index is 12.3. The molecule has 3 fully saturated rings. The summed E-state index contributed by atoms with van der Waals surface area (Å²) in [5, 5.41) is 75.3. The molecule has 9 atom stereocenters. The number of phenolic OH excluding ortho intramolecular Hbond substituents is 1. The van der Waals surface area contributed by atoms with Gasteiger partial charge in [0.15, 0.2) is 5.78 Å². The molecule has 1 saturated carbocycles. The standard InChI is InChI=1S/C34H46O12/c1-17(23-6-9-44-16-33(23)7-5-20(13-33)14-35)4-8-34(43)25(15-36)46-32(29(39)30(34)40)45-24-12-22(31(41)42)11-21-10-18(2)26(19(3)37)28(38)27(21)24/h10-12,17,20,23,25,29-30,32,35-36,38-40,43H,4-9,13-16H2,1-3H3,(H,41,42). The van der Waals surface area contributed by atoms with E-state index in [2.05, 4.69) is 6.92 Å². The minimum atomic E-state index is -2.05. The summed E-state index contributed by atoms with van der Waals surface area (Å²) >= 11 is 0. The van der Waals surface area contributed by atoms with Crippen LogP contribution in [0.3, 0.4) is 0 Å². The molecule has 2 saturated heterocycles. The van der Waals surface area contributed by atoms with Gasteiger partial charge in [0.1, 0.15) is 35.4 Å². The Balaban J connectivity index is 1.39. The van der Waals surface area contributed by atoms with Gasteiger partial charge in [-0.1, -0.05) is 13.0 Å². The molecule has 1 aliphatic carbocycles. The Kier molecular flexibility index (Phi) is 10.0. The van der Waals surface area contributed by atoms with Gasteiger partial charge in [-0.25, -0.2) is 4.79 Å². The maximum absolute atomic E-state index is 12.3. The summed E-state index contributed by atoms with van der Waals surface area (Å²) in [5.74, 6) is -1.81. The number of aromatic carboxylic acids is 1. The van der Waals surface area contributed by atoms with E-state index in [9.17, 15) is 45.3 Å². The summed E-state index contributed by atoms with van der Waals surface area (Å²) in [6.45, 7) is 5.62. The Morgan fingerprint density at radius 3 is 2.50 bits per heavy atom. The fraction of sp³-hybridized carbons (Fsp3) is 0.647. The van der Waals surface area contributed by atoms with Gasteiger partial charge >= 0.3 is 5.97 Å². The van der Waals surface area contributed by atoms with Crippen LogP contribution in [0, 0.1) is 30.1 Å². The lowest BCUT2D eigenvalue weighted by Crippen LogP contribution is -2.68. The number of carboxylic acid groups (broad SMARTS) is 1. The lowest BCUT2D eigenvalue weighted by atomic mass is 9.64. The Hall–Kier alpha value is -2.84. The number of carbonyl (C=O) groups excluding carboxylic acids is 1. The van der Waals surface area contributed by atoms with Crippen molar-refractivity contribution in [2.45, 2.75) is 89.5 Å². The molecular weight excluding hydrogens is 600 g/mol. The second kappa shape index (κ2) is 13.3. The number of hydrogen-bond donors (Lipinski definition) is 7. The number of ketones is 1. The van der Waals surface area contributed by atoms with E-state index in [-0.39, 0.29) is 63.8 Å². The number of rotatable bonds is 10. The first kappa shape index (κ1) is 34.5. The van der Waals surface area contributed by atoms with Gasteiger partial charge in [0, 0.05) is 13.2 Å². The van der Waals surface area contributed by atoms with Crippen molar-refractivity contribution < 1.29 is 59.5 Å². The second-order valence-electron chi connectivity index (χ2n) is 13.7. The summed E-state index contributed by atoms with van der Waals surface area (Å²) in [6.07, 6.45) is -2.68. The van der Waals surface area contributed by atoms with Crippen LogP contribution in [0.25, 0.3) is 10.8 Å². The van der Waals surface area contributed by atoms with Crippen molar-refractivity contribution in [1.82, 2.24) is 0 Å². The zero-order valence-corrected chi connectivity index (χ0v) is 26.5. The summed E-state index contributed by atoms with van der Waals surface area (Å²) in [5.41, 5.74) is -1.88. The largest absolute Gasteiger partial charge is 0.506 e. The van der Waals surface area contributed by atoms with Gasteiger partial charge in [-0.05, 0) is 98.6 Å². The van der Waals surface area contributed by atoms with E-state index >= 15 is 0 Å². The fourth-order valence-corrected chi connectivity index (χ4v) is 8.35. The first-order valence-electron chi connectivity index (χ1n) is 16.0. The van der Waals surface area contributed by atoms with Crippen LogP contribution in [-0.2, 0) is 9.47 Å². The number of ether oxygens (including phenoxy) is 3. The van der Waals surface area contributed by atoms with Crippen molar-refractivity contribution in [3.63, 3.8) is 0 Å². The van der Waals surface area contributed by atoms with Crippen molar-refractivity contribution in [2.24, 2.45) is 23.2 Å². The molecule has 254 valence electrons. The third-order valence-corrected chi connectivity index (χ3v) is 10.8.